The van der Waals surface area contributed by atoms with Crippen molar-refractivity contribution in [3.8, 4) is 0 Å². The first-order chi connectivity index (χ1) is 9.54. The van der Waals surface area contributed by atoms with Crippen molar-refractivity contribution in [2.24, 2.45) is 0 Å². The number of carbonyl (C=O) groups excluding carboxylic acids is 2. The maximum absolute atomic E-state index is 11.8. The van der Waals surface area contributed by atoms with Gasteiger partial charge in [0.1, 0.15) is 6.54 Å². The number of aryl methyl sites for hydroxylation is 1. The highest BCUT2D eigenvalue weighted by molar-refractivity contribution is 5.97. The number of rotatable bonds is 7. The summed E-state index contributed by atoms with van der Waals surface area (Å²) in [7, 11) is 1.62. The molecule has 0 aliphatic rings. The Kier molecular flexibility index (Phi) is 6.73. The van der Waals surface area contributed by atoms with Crippen LogP contribution in [0.3, 0.4) is 0 Å². The third kappa shape index (κ3) is 5.40. The molecule has 0 saturated carbocycles. The molecule has 0 aliphatic carbocycles. The van der Waals surface area contributed by atoms with Crippen LogP contribution in [-0.4, -0.2) is 38.6 Å². The van der Waals surface area contributed by atoms with Crippen molar-refractivity contribution >= 4 is 17.5 Å². The lowest BCUT2D eigenvalue weighted by Crippen LogP contribution is -2.40. The maximum atomic E-state index is 11.8. The summed E-state index contributed by atoms with van der Waals surface area (Å²) in [4.78, 5) is 25.0. The van der Waals surface area contributed by atoms with Crippen LogP contribution in [0.4, 0.5) is 5.69 Å². The van der Waals surface area contributed by atoms with Gasteiger partial charge in [-0.2, -0.15) is 0 Å². The van der Waals surface area contributed by atoms with E-state index in [0.717, 1.165) is 17.7 Å². The zero-order chi connectivity index (χ0) is 15.0. The molecule has 0 radical (unpaired) electrons. The highest BCUT2D eigenvalue weighted by Crippen LogP contribution is 2.15. The van der Waals surface area contributed by atoms with E-state index in [1.165, 1.54) is 11.8 Å². The number of methoxy groups -OCH3 is 1. The molecule has 0 atom stereocenters. The number of ether oxygens (including phenoxy) is 1. The Balaban J connectivity index is 2.59. The Labute approximate surface area is 119 Å². The van der Waals surface area contributed by atoms with Gasteiger partial charge in [-0.05, 0) is 31.0 Å². The first-order valence-corrected chi connectivity index (χ1v) is 6.65. The molecular weight excluding hydrogens is 256 g/mol. The molecule has 0 fully saturated rings. The van der Waals surface area contributed by atoms with Gasteiger partial charge in [-0.3, -0.25) is 9.59 Å². The number of carbonyl (C=O) groups is 2. The molecule has 1 N–H and O–H groups in total. The summed E-state index contributed by atoms with van der Waals surface area (Å²) in [5, 5.41) is 2.77. The molecule has 5 heteroatoms. The van der Waals surface area contributed by atoms with Crippen molar-refractivity contribution in [1.82, 2.24) is 5.32 Å². The Morgan fingerprint density at radius 3 is 2.70 bits per heavy atom. The molecule has 0 spiro atoms. The highest BCUT2D eigenvalue weighted by Gasteiger charge is 2.15. The summed E-state index contributed by atoms with van der Waals surface area (Å²) in [6.07, 6.45) is 0.757. The van der Waals surface area contributed by atoms with Gasteiger partial charge in [0, 0.05) is 32.9 Å². The minimum absolute atomic E-state index is 0.0335. The second-order valence-corrected chi connectivity index (χ2v) is 4.64. The zero-order valence-electron chi connectivity index (χ0n) is 12.3. The first kappa shape index (κ1) is 16.2. The monoisotopic (exact) mass is 278 g/mol. The van der Waals surface area contributed by atoms with E-state index in [-0.39, 0.29) is 18.4 Å². The molecule has 0 aliphatic heterocycles. The van der Waals surface area contributed by atoms with Crippen LogP contribution in [0.2, 0.25) is 0 Å². The molecule has 0 bridgehead atoms. The second kappa shape index (κ2) is 8.32. The van der Waals surface area contributed by atoms with E-state index in [0.29, 0.717) is 13.2 Å². The Bertz CT molecular complexity index is 460. The van der Waals surface area contributed by atoms with Gasteiger partial charge in [-0.1, -0.05) is 12.1 Å². The summed E-state index contributed by atoms with van der Waals surface area (Å²) in [5.74, 6) is -0.319. The van der Waals surface area contributed by atoms with E-state index < -0.39 is 0 Å². The summed E-state index contributed by atoms with van der Waals surface area (Å²) >= 11 is 0. The quantitative estimate of drug-likeness (QED) is 0.769. The molecule has 0 saturated heterocycles. The lowest BCUT2D eigenvalue weighted by molar-refractivity contribution is -0.123. The fraction of sp³-hybridized carbons (Fsp3) is 0.467. The lowest BCUT2D eigenvalue weighted by atomic mass is 10.2. The minimum atomic E-state index is -0.169. The fourth-order valence-corrected chi connectivity index (χ4v) is 1.82. The van der Waals surface area contributed by atoms with E-state index in [9.17, 15) is 9.59 Å². The van der Waals surface area contributed by atoms with Crippen molar-refractivity contribution in [2.75, 3.05) is 31.7 Å². The summed E-state index contributed by atoms with van der Waals surface area (Å²) < 4.78 is 4.91. The molecule has 110 valence electrons. The van der Waals surface area contributed by atoms with E-state index in [4.69, 9.17) is 4.74 Å². The molecule has 0 unspecified atom stereocenters. The molecule has 1 rings (SSSR count). The molecule has 1 aromatic carbocycles. The van der Waals surface area contributed by atoms with Crippen LogP contribution in [-0.2, 0) is 14.3 Å². The molecule has 0 heterocycles. The number of nitrogens with one attached hydrogen (secondary N) is 1. The number of nitrogens with zero attached hydrogens (tertiary/aromatic N) is 1. The van der Waals surface area contributed by atoms with Gasteiger partial charge < -0.3 is 15.0 Å². The van der Waals surface area contributed by atoms with Gasteiger partial charge in [0.2, 0.25) is 11.8 Å². The van der Waals surface area contributed by atoms with Crippen molar-refractivity contribution in [1.29, 1.82) is 0 Å². The molecule has 1 aromatic rings. The third-order valence-corrected chi connectivity index (χ3v) is 2.84. The van der Waals surface area contributed by atoms with Crippen LogP contribution in [0, 0.1) is 6.92 Å². The Morgan fingerprint density at radius 1 is 1.35 bits per heavy atom. The fourth-order valence-electron chi connectivity index (χ4n) is 1.82. The Hall–Kier alpha value is -1.88. The highest BCUT2D eigenvalue weighted by atomic mass is 16.5. The number of benzene rings is 1. The van der Waals surface area contributed by atoms with E-state index in [1.807, 2.05) is 31.2 Å². The summed E-state index contributed by atoms with van der Waals surface area (Å²) in [5.41, 5.74) is 1.79. The Morgan fingerprint density at radius 2 is 2.10 bits per heavy atom. The van der Waals surface area contributed by atoms with Gasteiger partial charge in [-0.25, -0.2) is 0 Å². The molecular formula is C15H22N2O3. The third-order valence-electron chi connectivity index (χ3n) is 2.84. The molecule has 0 aromatic heterocycles. The van der Waals surface area contributed by atoms with Gasteiger partial charge >= 0.3 is 0 Å². The summed E-state index contributed by atoms with van der Waals surface area (Å²) in [6.45, 7) is 4.60. The first-order valence-electron chi connectivity index (χ1n) is 6.65. The zero-order valence-corrected chi connectivity index (χ0v) is 12.3. The van der Waals surface area contributed by atoms with Crippen LogP contribution in [0.15, 0.2) is 24.3 Å². The number of hydrogen-bond acceptors (Lipinski definition) is 3. The molecule has 2 amide bonds. The van der Waals surface area contributed by atoms with Crippen LogP contribution in [0.5, 0.6) is 0 Å². The molecule has 20 heavy (non-hydrogen) atoms. The van der Waals surface area contributed by atoms with Gasteiger partial charge in [-0.15, -0.1) is 0 Å². The minimum Gasteiger partial charge on any atom is -0.385 e. The van der Waals surface area contributed by atoms with Crippen molar-refractivity contribution in [3.63, 3.8) is 0 Å². The van der Waals surface area contributed by atoms with Crippen molar-refractivity contribution < 1.29 is 14.3 Å². The van der Waals surface area contributed by atoms with Crippen LogP contribution >= 0.6 is 0 Å². The predicted molar refractivity (Wildman–Crippen MR) is 78.7 cm³/mol. The largest absolute Gasteiger partial charge is 0.385 e. The normalized spacial score (nSPS) is 10.2. The van der Waals surface area contributed by atoms with Crippen molar-refractivity contribution in [2.45, 2.75) is 20.3 Å². The average Bonchev–Trinajstić information content (AvgIpc) is 2.40. The van der Waals surface area contributed by atoms with Gasteiger partial charge in [0.25, 0.3) is 0 Å². The maximum Gasteiger partial charge on any atom is 0.240 e. The van der Waals surface area contributed by atoms with E-state index in [1.54, 1.807) is 7.11 Å². The number of anilines is 1. The average molecular weight is 278 g/mol. The van der Waals surface area contributed by atoms with Crippen molar-refractivity contribution in [3.05, 3.63) is 29.8 Å². The summed E-state index contributed by atoms with van der Waals surface area (Å²) in [6, 6.07) is 7.54. The number of hydrogen-bond donors (Lipinski definition) is 1. The predicted octanol–water partition coefficient (Wildman–Crippen LogP) is 1.50. The standard InChI is InChI=1S/C15H22N2O3/c1-12-6-4-7-14(10-12)17(13(2)18)11-15(19)16-8-5-9-20-3/h4,6-7,10H,5,8-9,11H2,1-3H3,(H,16,19). The lowest BCUT2D eigenvalue weighted by Gasteiger charge is -2.21. The van der Waals surface area contributed by atoms with Crippen LogP contribution < -0.4 is 10.2 Å². The van der Waals surface area contributed by atoms with Gasteiger partial charge in [0.05, 0.1) is 0 Å². The van der Waals surface area contributed by atoms with E-state index in [2.05, 4.69) is 5.32 Å². The smallest absolute Gasteiger partial charge is 0.240 e. The van der Waals surface area contributed by atoms with Crippen LogP contribution in [0.25, 0.3) is 0 Å². The number of amides is 2. The van der Waals surface area contributed by atoms with Crippen LogP contribution in [0.1, 0.15) is 18.9 Å². The SMILES string of the molecule is COCCCNC(=O)CN(C(C)=O)c1cccc(C)c1. The van der Waals surface area contributed by atoms with Gasteiger partial charge in [0.15, 0.2) is 0 Å². The second-order valence-electron chi connectivity index (χ2n) is 4.64. The van der Waals surface area contributed by atoms with E-state index >= 15 is 0 Å². The molecule has 5 nitrogen and oxygen atoms in total. The topological polar surface area (TPSA) is 58.6 Å².